The van der Waals surface area contributed by atoms with Crippen molar-refractivity contribution in [3.05, 3.63) is 250 Å². The molecular weight excluding hydrogens is 1120 g/mol. The number of aryl methyl sites for hydroxylation is 6. The van der Waals surface area contributed by atoms with E-state index in [1.54, 1.807) is 140 Å². The summed E-state index contributed by atoms with van der Waals surface area (Å²) in [5, 5.41) is 30.5. The first-order chi connectivity index (χ1) is 39.7. The monoisotopic (exact) mass is 1180 g/mol. The Hall–Kier alpha value is -9.11. The normalized spacial score (nSPS) is 11.1. The molecule has 8 rings (SSSR count). The predicted octanol–water partition coefficient (Wildman–Crippen LogP) is 11.6. The minimum Gasteiger partial charge on any atom is -0.478 e. The highest BCUT2D eigenvalue weighted by molar-refractivity contribution is 7.93. The second kappa shape index (κ2) is 30.1. The summed E-state index contributed by atoms with van der Waals surface area (Å²) in [7, 11) is -10.9. The largest absolute Gasteiger partial charge is 0.478 e. The lowest BCUT2D eigenvalue weighted by molar-refractivity contribution is -0.114. The molecular formula is C63H64N4O13S3. The van der Waals surface area contributed by atoms with Gasteiger partial charge in [0.1, 0.15) is 0 Å². The third-order valence-corrected chi connectivity index (χ3v) is 17.0. The summed E-state index contributed by atoms with van der Waals surface area (Å²) in [5.41, 5.74) is 7.31. The smallest absolute Gasteiger partial charge is 0.335 e. The van der Waals surface area contributed by atoms with E-state index in [2.05, 4.69) is 19.5 Å². The number of rotatable bonds is 24. The molecule has 0 spiro atoms. The second-order valence-electron chi connectivity index (χ2n) is 18.9. The highest BCUT2D eigenvalue weighted by atomic mass is 32.2. The number of amides is 1. The van der Waals surface area contributed by atoms with Gasteiger partial charge in [0.2, 0.25) is 15.9 Å². The number of anilines is 4. The number of carbonyl (C=O) groups is 4. The van der Waals surface area contributed by atoms with Crippen LogP contribution in [0.1, 0.15) is 91.1 Å². The topological polar surface area (TPSA) is 280 Å². The number of carboxylic acids is 3. The zero-order valence-corrected chi connectivity index (χ0v) is 48.0. The van der Waals surface area contributed by atoms with Crippen LogP contribution in [0, 0.1) is 0 Å². The summed E-state index contributed by atoms with van der Waals surface area (Å²) in [6, 6.07) is 55.9. The molecule has 7 N–H and O–H groups in total. The Labute approximate surface area is 484 Å². The highest BCUT2D eigenvalue weighted by Crippen LogP contribution is 2.26. The Morgan fingerprint density at radius 2 is 0.675 bits per heavy atom. The van der Waals surface area contributed by atoms with Gasteiger partial charge in [-0.2, -0.15) is 0 Å². The molecule has 0 radical (unpaired) electrons. The molecule has 17 nitrogen and oxygen atoms in total. The minimum atomic E-state index is -3.84. The van der Waals surface area contributed by atoms with Crippen LogP contribution in [0.15, 0.2) is 210 Å². The number of para-hydroxylation sites is 3. The number of hydrogen-bond acceptors (Lipinski definition) is 10. The van der Waals surface area contributed by atoms with E-state index in [0.717, 1.165) is 28.7 Å². The minimum absolute atomic E-state index is 0.0626. The molecule has 0 saturated carbocycles. The average molecular weight is 1180 g/mol. The van der Waals surface area contributed by atoms with E-state index in [0.29, 0.717) is 78.8 Å². The Bertz CT molecular complexity index is 3880. The lowest BCUT2D eigenvalue weighted by Crippen LogP contribution is -2.17. The molecule has 0 fully saturated rings. The van der Waals surface area contributed by atoms with Gasteiger partial charge in [0.15, 0.2) is 0 Å². The van der Waals surface area contributed by atoms with Crippen molar-refractivity contribution in [2.45, 2.75) is 75.0 Å². The molecule has 0 bridgehead atoms. The molecule has 432 valence electrons. The van der Waals surface area contributed by atoms with Crippen LogP contribution in [0.3, 0.4) is 0 Å². The molecule has 0 aliphatic carbocycles. The lowest BCUT2D eigenvalue weighted by Gasteiger charge is -2.14. The third-order valence-electron chi connectivity index (χ3n) is 12.8. The second-order valence-corrected chi connectivity index (χ2v) is 24.1. The number of nitrogens with one attached hydrogen (secondary N) is 4. The fourth-order valence-corrected chi connectivity index (χ4v) is 12.2. The molecule has 20 heteroatoms. The summed E-state index contributed by atoms with van der Waals surface area (Å²) in [4.78, 5) is 45.4. The van der Waals surface area contributed by atoms with Gasteiger partial charge < -0.3 is 20.6 Å². The van der Waals surface area contributed by atoms with Gasteiger partial charge in [-0.1, -0.05) is 141 Å². The molecule has 0 atom stereocenters. The van der Waals surface area contributed by atoms with E-state index in [1.807, 2.05) is 31.2 Å². The van der Waals surface area contributed by atoms with Gasteiger partial charge in [-0.25, -0.2) is 39.6 Å². The number of benzene rings is 8. The first-order valence-corrected chi connectivity index (χ1v) is 30.9. The molecule has 8 aromatic carbocycles. The highest BCUT2D eigenvalue weighted by Gasteiger charge is 2.20. The van der Waals surface area contributed by atoms with Crippen molar-refractivity contribution in [1.82, 2.24) is 0 Å². The van der Waals surface area contributed by atoms with E-state index in [-0.39, 0.29) is 38.1 Å². The maximum absolute atomic E-state index is 12.8. The molecule has 83 heavy (non-hydrogen) atoms. The average Bonchev–Trinajstić information content (AvgIpc) is 3.67. The van der Waals surface area contributed by atoms with Crippen LogP contribution in [-0.4, -0.2) is 70.1 Å². The predicted molar refractivity (Wildman–Crippen MR) is 323 cm³/mol. The summed E-state index contributed by atoms with van der Waals surface area (Å²) in [5.74, 6) is -3.06. The van der Waals surface area contributed by atoms with Gasteiger partial charge in [-0.05, 0) is 151 Å². The van der Waals surface area contributed by atoms with Crippen molar-refractivity contribution in [2.75, 3.05) is 25.2 Å². The summed E-state index contributed by atoms with van der Waals surface area (Å²) in [6.45, 7) is 3.32. The van der Waals surface area contributed by atoms with E-state index in [4.69, 9.17) is 0 Å². The fourth-order valence-electron chi connectivity index (χ4n) is 8.64. The van der Waals surface area contributed by atoms with Crippen molar-refractivity contribution in [3.63, 3.8) is 0 Å². The maximum Gasteiger partial charge on any atom is 0.335 e. The summed E-state index contributed by atoms with van der Waals surface area (Å²) >= 11 is 0. The van der Waals surface area contributed by atoms with Gasteiger partial charge in [0.05, 0.1) is 49.3 Å². The first kappa shape index (κ1) is 63.1. The van der Waals surface area contributed by atoms with Crippen LogP contribution >= 0.6 is 0 Å². The van der Waals surface area contributed by atoms with Gasteiger partial charge in [-0.3, -0.25) is 19.0 Å². The molecule has 0 unspecified atom stereocenters. The van der Waals surface area contributed by atoms with E-state index in [9.17, 15) is 59.8 Å². The van der Waals surface area contributed by atoms with Crippen molar-refractivity contribution >= 4 is 76.6 Å². The molecule has 0 aliphatic rings. The quantitative estimate of drug-likeness (QED) is 0.0297. The summed E-state index contributed by atoms with van der Waals surface area (Å²) < 4.78 is 83.0. The third kappa shape index (κ3) is 19.3. The van der Waals surface area contributed by atoms with Crippen LogP contribution in [-0.2, 0) is 73.4 Å². The Balaban J connectivity index is 0.000000201. The number of carbonyl (C=O) groups excluding carboxylic acids is 1. The maximum atomic E-state index is 12.8. The SMILES string of the molecule is CC(=O)Nc1ccc(S(=O)(=O)Nc2ccccc2CCc2ccccc2C(=O)O)cc1.CCCCS(=O)(=O)Nc1ccccc1CCc1ccccc1C(=O)O.O=C(O)c1ccccc1CCc1ccccc1NS(=O)(=O)c1ccccc1. The van der Waals surface area contributed by atoms with Crippen LogP contribution in [0.25, 0.3) is 0 Å². The summed E-state index contributed by atoms with van der Waals surface area (Å²) in [6.07, 6.45) is 4.42. The van der Waals surface area contributed by atoms with Crippen molar-refractivity contribution in [1.29, 1.82) is 0 Å². The standard InChI is InChI=1S/C23H22N2O5S.C21H19NO4S.C19H23NO4S/c1-16(26)24-19-12-14-20(15-13-19)31(29,30)25-22-9-5-3-7-18(22)11-10-17-6-2-4-8-21(17)23(27)28;23-21(24)19-12-6-4-8-16(19)14-15-17-9-5-7-13-20(17)22-27(25,26)18-10-2-1-3-11-18;1-2-3-14-25(23,24)20-18-11-7-5-9-16(18)13-12-15-8-4-6-10-17(15)19(21)22/h2-9,12-15,25H,10-11H2,1H3,(H,24,26)(H,27,28);1-13,22H,14-15H2,(H,23,24);4-11,20H,2-3,12-14H2,1H3,(H,21,22). The molecule has 1 amide bonds. The molecule has 0 aliphatic heterocycles. The zero-order chi connectivity index (χ0) is 60.0. The van der Waals surface area contributed by atoms with Crippen LogP contribution in [0.2, 0.25) is 0 Å². The van der Waals surface area contributed by atoms with Gasteiger partial charge in [0.25, 0.3) is 20.0 Å². The van der Waals surface area contributed by atoms with Crippen LogP contribution in [0.5, 0.6) is 0 Å². The molecule has 8 aromatic rings. The van der Waals surface area contributed by atoms with E-state index < -0.39 is 48.0 Å². The van der Waals surface area contributed by atoms with Gasteiger partial charge in [0, 0.05) is 12.6 Å². The number of aromatic carboxylic acids is 3. The van der Waals surface area contributed by atoms with Crippen molar-refractivity contribution < 1.29 is 59.8 Å². The Morgan fingerprint density at radius 3 is 1.02 bits per heavy atom. The van der Waals surface area contributed by atoms with E-state index in [1.165, 1.54) is 43.3 Å². The van der Waals surface area contributed by atoms with Crippen LogP contribution in [0.4, 0.5) is 22.7 Å². The van der Waals surface area contributed by atoms with Crippen molar-refractivity contribution in [3.8, 4) is 0 Å². The molecule has 0 aromatic heterocycles. The first-order valence-electron chi connectivity index (χ1n) is 26.3. The number of sulfonamides is 3. The van der Waals surface area contributed by atoms with Crippen LogP contribution < -0.4 is 19.5 Å². The Morgan fingerprint density at radius 1 is 0.373 bits per heavy atom. The molecule has 0 heterocycles. The fraction of sp³-hybridized carbons (Fsp3) is 0.175. The lowest BCUT2D eigenvalue weighted by atomic mass is 9.99. The van der Waals surface area contributed by atoms with Gasteiger partial charge in [-0.15, -0.1) is 0 Å². The zero-order valence-electron chi connectivity index (χ0n) is 45.6. The molecule has 0 saturated heterocycles. The number of carboxylic acid groups (broad SMARTS) is 3. The van der Waals surface area contributed by atoms with E-state index >= 15 is 0 Å². The van der Waals surface area contributed by atoms with Crippen molar-refractivity contribution in [2.24, 2.45) is 0 Å². The Kier molecular flexibility index (Phi) is 22.9. The van der Waals surface area contributed by atoms with Gasteiger partial charge >= 0.3 is 17.9 Å². The number of hydrogen-bond donors (Lipinski definition) is 7. The number of unbranched alkanes of at least 4 members (excludes halogenated alkanes) is 1.